The number of rotatable bonds is 6. The minimum atomic E-state index is -0.338. The van der Waals surface area contributed by atoms with Crippen LogP contribution >= 0.6 is 0 Å². The van der Waals surface area contributed by atoms with Gasteiger partial charge in [0.2, 0.25) is 0 Å². The number of carbonyl (C=O) groups is 1. The fraction of sp³-hybridized carbons (Fsp3) is 0.250. The zero-order valence-corrected chi connectivity index (χ0v) is 17.4. The molecule has 1 atom stereocenters. The Hall–Kier alpha value is -3.54. The summed E-state index contributed by atoms with van der Waals surface area (Å²) in [6, 6.07) is 11.1. The van der Waals surface area contributed by atoms with Gasteiger partial charge >= 0.3 is 0 Å². The Labute approximate surface area is 175 Å². The third kappa shape index (κ3) is 3.14. The summed E-state index contributed by atoms with van der Waals surface area (Å²) in [4.78, 5) is 14.9. The second-order valence-electron chi connectivity index (χ2n) is 7.49. The number of fused-ring (bicyclic) bond motifs is 1. The molecule has 0 saturated heterocycles. The van der Waals surface area contributed by atoms with Crippen molar-refractivity contribution < 1.29 is 14.6 Å². The molecule has 0 fully saturated rings. The number of nitrogens with one attached hydrogen (secondary N) is 1. The van der Waals surface area contributed by atoms with Crippen LogP contribution in [0.15, 0.2) is 49.1 Å². The highest BCUT2D eigenvalue weighted by atomic mass is 16.5. The first-order valence-corrected chi connectivity index (χ1v) is 9.99. The average molecular weight is 403 g/mol. The molecule has 154 valence electrons. The summed E-state index contributed by atoms with van der Waals surface area (Å²) in [7, 11) is 0. The van der Waals surface area contributed by atoms with Crippen molar-refractivity contribution in [1.29, 1.82) is 0 Å². The number of aryl methyl sites for hydroxylation is 2. The van der Waals surface area contributed by atoms with Crippen LogP contribution in [-0.2, 0) is 0 Å². The Morgan fingerprint density at radius 1 is 1.27 bits per heavy atom. The second-order valence-corrected chi connectivity index (χ2v) is 7.49. The highest BCUT2D eigenvalue weighted by Gasteiger charge is 2.42. The maximum atomic E-state index is 13.1. The summed E-state index contributed by atoms with van der Waals surface area (Å²) < 4.78 is 5.56. The van der Waals surface area contributed by atoms with E-state index in [9.17, 15) is 9.90 Å². The number of aromatic hydroxyl groups is 1. The molecule has 2 heterocycles. The summed E-state index contributed by atoms with van der Waals surface area (Å²) in [6.07, 6.45) is 1.72. The van der Waals surface area contributed by atoms with Gasteiger partial charge in [-0.15, -0.1) is 6.58 Å². The molecule has 1 amide bonds. The first kappa shape index (κ1) is 19.8. The summed E-state index contributed by atoms with van der Waals surface area (Å²) in [5.74, 6) is 0.800. The normalized spacial score (nSPS) is 15.4. The Morgan fingerprint density at radius 3 is 2.63 bits per heavy atom. The van der Waals surface area contributed by atoms with Crippen molar-refractivity contribution in [3.8, 4) is 22.8 Å². The van der Waals surface area contributed by atoms with E-state index in [4.69, 9.17) is 4.74 Å². The molecule has 0 radical (unpaired) electrons. The Kier molecular flexibility index (Phi) is 5.08. The van der Waals surface area contributed by atoms with Crippen molar-refractivity contribution in [2.24, 2.45) is 0 Å². The largest absolute Gasteiger partial charge is 0.507 e. The summed E-state index contributed by atoms with van der Waals surface area (Å²) >= 11 is 0. The zero-order valence-electron chi connectivity index (χ0n) is 17.4. The number of hydrogen-bond donors (Lipinski definition) is 2. The third-order valence-electron chi connectivity index (χ3n) is 5.39. The molecule has 6 heteroatoms. The average Bonchev–Trinajstić information content (AvgIpc) is 3.23. The van der Waals surface area contributed by atoms with Crippen LogP contribution in [0.25, 0.3) is 11.3 Å². The van der Waals surface area contributed by atoms with E-state index in [1.165, 1.54) is 0 Å². The molecule has 0 spiro atoms. The monoisotopic (exact) mass is 403 g/mol. The lowest BCUT2D eigenvalue weighted by atomic mass is 9.93. The molecule has 0 bridgehead atoms. The van der Waals surface area contributed by atoms with Gasteiger partial charge in [0.25, 0.3) is 5.91 Å². The van der Waals surface area contributed by atoms with E-state index in [1.54, 1.807) is 17.0 Å². The number of carbonyl (C=O) groups excluding carboxylic acids is 1. The Morgan fingerprint density at radius 2 is 2.00 bits per heavy atom. The van der Waals surface area contributed by atoms with E-state index in [-0.39, 0.29) is 17.7 Å². The van der Waals surface area contributed by atoms with Crippen LogP contribution in [0.1, 0.15) is 45.7 Å². The van der Waals surface area contributed by atoms with Gasteiger partial charge in [-0.3, -0.25) is 9.89 Å². The molecular weight excluding hydrogens is 378 g/mol. The molecular formula is C24H25N3O3. The van der Waals surface area contributed by atoms with E-state index >= 15 is 0 Å². The van der Waals surface area contributed by atoms with Gasteiger partial charge in [0.1, 0.15) is 22.9 Å². The van der Waals surface area contributed by atoms with Gasteiger partial charge < -0.3 is 14.7 Å². The van der Waals surface area contributed by atoms with Crippen LogP contribution in [0, 0.1) is 13.8 Å². The molecule has 1 aliphatic rings. The highest BCUT2D eigenvalue weighted by molar-refractivity contribution is 6.00. The molecule has 4 rings (SSSR count). The van der Waals surface area contributed by atoms with Gasteiger partial charge in [0.15, 0.2) is 0 Å². The van der Waals surface area contributed by atoms with Crippen LogP contribution in [-0.4, -0.2) is 39.3 Å². The molecule has 30 heavy (non-hydrogen) atoms. The lowest BCUT2D eigenvalue weighted by molar-refractivity contribution is 0.0764. The van der Waals surface area contributed by atoms with Gasteiger partial charge in [-0.05, 0) is 55.7 Å². The van der Waals surface area contributed by atoms with Crippen molar-refractivity contribution in [1.82, 2.24) is 15.1 Å². The second kappa shape index (κ2) is 7.71. The fourth-order valence-electron chi connectivity index (χ4n) is 4.23. The Balaban J connectivity index is 1.89. The molecule has 2 N–H and O–H groups in total. The predicted octanol–water partition coefficient (Wildman–Crippen LogP) is 4.53. The van der Waals surface area contributed by atoms with Gasteiger partial charge in [-0.1, -0.05) is 24.3 Å². The summed E-state index contributed by atoms with van der Waals surface area (Å²) in [5.41, 5.74) is 5.27. The molecule has 1 aliphatic heterocycles. The van der Waals surface area contributed by atoms with Gasteiger partial charge in [-0.25, -0.2) is 0 Å². The minimum absolute atomic E-state index is 0.133. The van der Waals surface area contributed by atoms with Crippen LogP contribution in [0.2, 0.25) is 0 Å². The standard InChI is InChI=1S/C24H25N3O3/c1-5-11-27-23(16-7-9-17(10-8-16)30-6-2)20-21(25-26-22(20)24(27)29)19-15(4)12-14(3)13-18(19)28/h5,7-10,12-13,23,28H,1,6,11H2,2-4H3,(H,25,26)/t23-/m1/s1. The van der Waals surface area contributed by atoms with Crippen LogP contribution in [0.4, 0.5) is 0 Å². The Bertz CT molecular complexity index is 1090. The van der Waals surface area contributed by atoms with Crippen molar-refractivity contribution in [2.45, 2.75) is 26.8 Å². The third-order valence-corrected chi connectivity index (χ3v) is 5.39. The van der Waals surface area contributed by atoms with E-state index in [1.807, 2.05) is 51.1 Å². The maximum Gasteiger partial charge on any atom is 0.273 e. The molecule has 0 aliphatic carbocycles. The van der Waals surface area contributed by atoms with Gasteiger partial charge in [0, 0.05) is 17.7 Å². The van der Waals surface area contributed by atoms with Crippen molar-refractivity contribution in [3.05, 3.63) is 77.0 Å². The summed E-state index contributed by atoms with van der Waals surface area (Å²) in [5, 5.41) is 18.0. The van der Waals surface area contributed by atoms with Gasteiger partial charge in [-0.2, -0.15) is 5.10 Å². The smallest absolute Gasteiger partial charge is 0.273 e. The van der Waals surface area contributed by atoms with Gasteiger partial charge in [0.05, 0.1) is 12.6 Å². The number of phenols is 1. The number of aromatic nitrogens is 2. The van der Waals surface area contributed by atoms with E-state index in [0.29, 0.717) is 30.1 Å². The maximum absolute atomic E-state index is 13.1. The number of amides is 1. The van der Waals surface area contributed by atoms with E-state index in [0.717, 1.165) is 28.0 Å². The number of H-pyrrole nitrogens is 1. The number of aromatic amines is 1. The molecule has 6 nitrogen and oxygen atoms in total. The molecule has 1 aromatic heterocycles. The van der Waals surface area contributed by atoms with E-state index in [2.05, 4.69) is 16.8 Å². The minimum Gasteiger partial charge on any atom is -0.507 e. The fourth-order valence-corrected chi connectivity index (χ4v) is 4.23. The van der Waals surface area contributed by atoms with Crippen molar-refractivity contribution in [3.63, 3.8) is 0 Å². The lowest BCUT2D eigenvalue weighted by Gasteiger charge is -2.25. The number of nitrogens with zero attached hydrogens (tertiary/aromatic N) is 2. The topological polar surface area (TPSA) is 78.5 Å². The summed E-state index contributed by atoms with van der Waals surface area (Å²) in [6.45, 7) is 10.6. The first-order valence-electron chi connectivity index (χ1n) is 9.99. The molecule has 2 aromatic carbocycles. The first-order chi connectivity index (χ1) is 14.5. The SMILES string of the molecule is C=CCN1C(=O)c2[nH]nc(-c3c(C)cc(C)cc3O)c2[C@H]1c1ccc(OCC)cc1. The van der Waals surface area contributed by atoms with Crippen molar-refractivity contribution in [2.75, 3.05) is 13.2 Å². The van der Waals surface area contributed by atoms with Crippen LogP contribution < -0.4 is 4.74 Å². The van der Waals surface area contributed by atoms with E-state index < -0.39 is 0 Å². The molecule has 0 saturated carbocycles. The number of phenolic OH excluding ortho intramolecular Hbond substituents is 1. The predicted molar refractivity (Wildman–Crippen MR) is 116 cm³/mol. The van der Waals surface area contributed by atoms with Crippen LogP contribution in [0.3, 0.4) is 0 Å². The molecule has 0 unspecified atom stereocenters. The molecule has 3 aromatic rings. The number of hydrogen-bond acceptors (Lipinski definition) is 4. The van der Waals surface area contributed by atoms with Crippen molar-refractivity contribution >= 4 is 5.91 Å². The highest BCUT2D eigenvalue weighted by Crippen LogP contribution is 2.45. The lowest BCUT2D eigenvalue weighted by Crippen LogP contribution is -2.29. The number of benzene rings is 2. The zero-order chi connectivity index (χ0) is 21.4. The van der Waals surface area contributed by atoms with Crippen LogP contribution in [0.5, 0.6) is 11.5 Å². The number of ether oxygens (including phenoxy) is 1. The quantitative estimate of drug-likeness (QED) is 0.593.